The first kappa shape index (κ1) is 19.7. The van der Waals surface area contributed by atoms with Crippen molar-refractivity contribution < 1.29 is 14.4 Å². The lowest BCUT2D eigenvalue weighted by atomic mass is 9.98. The molecule has 1 heterocycles. The van der Waals surface area contributed by atoms with Crippen molar-refractivity contribution in [2.75, 3.05) is 18.4 Å². The van der Waals surface area contributed by atoms with Crippen LogP contribution >= 0.6 is 11.6 Å². The molecule has 0 spiro atoms. The van der Waals surface area contributed by atoms with E-state index >= 15 is 0 Å². The highest BCUT2D eigenvalue weighted by atomic mass is 35.5. The fraction of sp³-hybridized carbons (Fsp3) is 0.250. The second kappa shape index (κ2) is 9.23. The van der Waals surface area contributed by atoms with Crippen molar-refractivity contribution in [1.82, 2.24) is 15.8 Å². The van der Waals surface area contributed by atoms with Crippen LogP contribution < -0.4 is 16.2 Å². The van der Waals surface area contributed by atoms with Gasteiger partial charge in [-0.05, 0) is 43.2 Å². The minimum Gasteiger partial charge on any atom is -0.324 e. The number of halogens is 1. The Hall–Kier alpha value is -3.06. The number of carbonyl (C=O) groups is 3. The second-order valence-electron chi connectivity index (χ2n) is 6.54. The summed E-state index contributed by atoms with van der Waals surface area (Å²) in [6.45, 7) is 0.870. The molecular weight excluding hydrogens is 380 g/mol. The van der Waals surface area contributed by atoms with E-state index in [4.69, 9.17) is 11.6 Å². The smallest absolute Gasteiger partial charge is 0.321 e. The first-order valence-corrected chi connectivity index (χ1v) is 9.37. The van der Waals surface area contributed by atoms with Crippen molar-refractivity contribution in [2.24, 2.45) is 5.92 Å². The van der Waals surface area contributed by atoms with Gasteiger partial charge in [-0.15, -0.1) is 0 Å². The standard InChI is InChI=1S/C20H21ClN4O3/c21-16-8-4-6-14(12-16)18(26)23-24-19(27)15-7-5-11-25(13-15)20(28)22-17-9-2-1-3-10-17/h1-4,6,8-10,12,15H,5,7,11,13H2,(H,22,28)(H,23,26)(H,24,27)/t15-/m0/s1. The van der Waals surface area contributed by atoms with E-state index in [0.29, 0.717) is 35.7 Å². The molecule has 1 fully saturated rings. The maximum Gasteiger partial charge on any atom is 0.321 e. The molecule has 0 unspecified atom stereocenters. The quantitative estimate of drug-likeness (QED) is 0.691. The fourth-order valence-electron chi connectivity index (χ4n) is 3.02. The van der Waals surface area contributed by atoms with Gasteiger partial charge >= 0.3 is 6.03 Å². The maximum absolute atomic E-state index is 12.4. The largest absolute Gasteiger partial charge is 0.324 e. The summed E-state index contributed by atoms with van der Waals surface area (Å²) < 4.78 is 0. The zero-order valence-corrected chi connectivity index (χ0v) is 15.9. The Morgan fingerprint density at radius 3 is 2.54 bits per heavy atom. The number of piperidine rings is 1. The fourth-order valence-corrected chi connectivity index (χ4v) is 3.21. The van der Waals surface area contributed by atoms with Gasteiger partial charge in [-0.1, -0.05) is 35.9 Å². The van der Waals surface area contributed by atoms with E-state index in [-0.39, 0.29) is 18.5 Å². The number of urea groups is 1. The average Bonchev–Trinajstić information content (AvgIpc) is 2.72. The molecule has 0 bridgehead atoms. The number of rotatable bonds is 3. The van der Waals surface area contributed by atoms with Crippen molar-refractivity contribution in [1.29, 1.82) is 0 Å². The molecule has 0 saturated carbocycles. The molecule has 1 aliphatic heterocycles. The molecule has 0 aromatic heterocycles. The number of hydrazine groups is 1. The highest BCUT2D eigenvalue weighted by Gasteiger charge is 2.28. The monoisotopic (exact) mass is 400 g/mol. The predicted octanol–water partition coefficient (Wildman–Crippen LogP) is 3.05. The van der Waals surface area contributed by atoms with Gasteiger partial charge in [-0.25, -0.2) is 4.79 Å². The third-order valence-electron chi connectivity index (χ3n) is 4.49. The minimum atomic E-state index is -0.453. The molecule has 1 saturated heterocycles. The molecule has 146 valence electrons. The predicted molar refractivity (Wildman–Crippen MR) is 107 cm³/mol. The van der Waals surface area contributed by atoms with Gasteiger partial charge in [0.2, 0.25) is 5.91 Å². The molecule has 0 aliphatic carbocycles. The zero-order valence-electron chi connectivity index (χ0n) is 15.2. The zero-order chi connectivity index (χ0) is 19.9. The summed E-state index contributed by atoms with van der Waals surface area (Å²) in [4.78, 5) is 38.5. The molecule has 7 nitrogen and oxygen atoms in total. The van der Waals surface area contributed by atoms with Gasteiger partial charge in [-0.2, -0.15) is 0 Å². The summed E-state index contributed by atoms with van der Waals surface area (Å²) in [5, 5.41) is 3.26. The van der Waals surface area contributed by atoms with Crippen molar-refractivity contribution >= 4 is 35.1 Å². The third-order valence-corrected chi connectivity index (χ3v) is 4.73. The van der Waals surface area contributed by atoms with E-state index in [1.54, 1.807) is 35.2 Å². The third kappa shape index (κ3) is 5.23. The number of hydrogen-bond acceptors (Lipinski definition) is 3. The Bertz CT molecular complexity index is 860. The van der Waals surface area contributed by atoms with Crippen molar-refractivity contribution in [3.63, 3.8) is 0 Å². The van der Waals surface area contributed by atoms with Crippen LogP contribution in [0, 0.1) is 5.92 Å². The molecule has 2 aromatic carbocycles. The number of hydrogen-bond donors (Lipinski definition) is 3. The van der Waals surface area contributed by atoms with Crippen molar-refractivity contribution in [2.45, 2.75) is 12.8 Å². The first-order chi connectivity index (χ1) is 13.5. The van der Waals surface area contributed by atoms with Gasteiger partial charge in [0.25, 0.3) is 5.91 Å². The minimum absolute atomic E-state index is 0.244. The molecule has 0 radical (unpaired) electrons. The molecule has 28 heavy (non-hydrogen) atoms. The van der Waals surface area contributed by atoms with Crippen LogP contribution in [0.15, 0.2) is 54.6 Å². The molecular formula is C20H21ClN4O3. The lowest BCUT2D eigenvalue weighted by molar-refractivity contribution is -0.127. The van der Waals surface area contributed by atoms with Crippen LogP contribution in [-0.4, -0.2) is 35.8 Å². The number of amides is 4. The Balaban J connectivity index is 1.51. The molecule has 2 aromatic rings. The van der Waals surface area contributed by atoms with Crippen LogP contribution in [0.2, 0.25) is 5.02 Å². The lowest BCUT2D eigenvalue weighted by Crippen LogP contribution is -2.50. The molecule has 1 atom stereocenters. The van der Waals surface area contributed by atoms with Gasteiger partial charge in [0.05, 0.1) is 5.92 Å². The molecule has 8 heteroatoms. The van der Waals surface area contributed by atoms with E-state index in [9.17, 15) is 14.4 Å². The number of nitrogens with one attached hydrogen (secondary N) is 3. The average molecular weight is 401 g/mol. The van der Waals surface area contributed by atoms with Gasteiger partial charge < -0.3 is 10.2 Å². The van der Waals surface area contributed by atoms with Crippen LogP contribution in [0.5, 0.6) is 0 Å². The van der Waals surface area contributed by atoms with E-state index in [1.807, 2.05) is 18.2 Å². The maximum atomic E-state index is 12.4. The van der Waals surface area contributed by atoms with E-state index in [1.165, 1.54) is 6.07 Å². The molecule has 3 N–H and O–H groups in total. The van der Waals surface area contributed by atoms with Crippen LogP contribution in [0.3, 0.4) is 0 Å². The Labute approximate surface area is 168 Å². The van der Waals surface area contributed by atoms with Crippen LogP contribution in [0.1, 0.15) is 23.2 Å². The van der Waals surface area contributed by atoms with Gasteiger partial charge in [0.15, 0.2) is 0 Å². The van der Waals surface area contributed by atoms with Crippen LogP contribution in [0.4, 0.5) is 10.5 Å². The van der Waals surface area contributed by atoms with Gasteiger partial charge in [0.1, 0.15) is 0 Å². The molecule has 3 rings (SSSR count). The normalized spacial score (nSPS) is 16.2. The van der Waals surface area contributed by atoms with Crippen LogP contribution in [-0.2, 0) is 4.79 Å². The van der Waals surface area contributed by atoms with E-state index in [2.05, 4.69) is 16.2 Å². The SMILES string of the molecule is O=C(NNC(=O)[C@H]1CCCN(C(=O)Nc2ccccc2)C1)c1cccc(Cl)c1. The van der Waals surface area contributed by atoms with E-state index in [0.717, 1.165) is 0 Å². The Kier molecular flexibility index (Phi) is 6.49. The number of nitrogens with zero attached hydrogens (tertiary/aromatic N) is 1. The number of para-hydroxylation sites is 1. The number of benzene rings is 2. The summed E-state index contributed by atoms with van der Waals surface area (Å²) >= 11 is 5.87. The first-order valence-electron chi connectivity index (χ1n) is 8.99. The summed E-state index contributed by atoms with van der Waals surface area (Å²) in [5.74, 6) is -1.17. The topological polar surface area (TPSA) is 90.5 Å². The number of anilines is 1. The van der Waals surface area contributed by atoms with Crippen molar-refractivity contribution in [3.05, 3.63) is 65.2 Å². The summed E-state index contributed by atoms with van der Waals surface area (Å²) in [6, 6.07) is 15.3. The van der Waals surface area contributed by atoms with Gasteiger partial charge in [-0.3, -0.25) is 20.4 Å². The van der Waals surface area contributed by atoms with Crippen LogP contribution in [0.25, 0.3) is 0 Å². The highest BCUT2D eigenvalue weighted by molar-refractivity contribution is 6.30. The molecule has 4 amide bonds. The lowest BCUT2D eigenvalue weighted by Gasteiger charge is -2.32. The summed E-state index contributed by atoms with van der Waals surface area (Å²) in [5.41, 5.74) is 5.88. The highest BCUT2D eigenvalue weighted by Crippen LogP contribution is 2.18. The Morgan fingerprint density at radius 2 is 1.79 bits per heavy atom. The summed E-state index contributed by atoms with van der Waals surface area (Å²) in [6.07, 6.45) is 1.36. The van der Waals surface area contributed by atoms with Gasteiger partial charge in [0, 0.05) is 29.4 Å². The van der Waals surface area contributed by atoms with Crippen molar-refractivity contribution in [3.8, 4) is 0 Å². The summed E-state index contributed by atoms with van der Waals surface area (Å²) in [7, 11) is 0. The molecule has 1 aliphatic rings. The number of likely N-dealkylation sites (tertiary alicyclic amines) is 1. The second-order valence-corrected chi connectivity index (χ2v) is 6.97. The van der Waals surface area contributed by atoms with E-state index < -0.39 is 11.8 Å². The number of carbonyl (C=O) groups excluding carboxylic acids is 3. The Morgan fingerprint density at radius 1 is 1.00 bits per heavy atom.